The number of hydrogen-bond acceptors (Lipinski definition) is 2. The van der Waals surface area contributed by atoms with Crippen molar-refractivity contribution in [2.75, 3.05) is 13.2 Å². The van der Waals surface area contributed by atoms with Crippen molar-refractivity contribution in [1.29, 1.82) is 0 Å². The van der Waals surface area contributed by atoms with E-state index in [1.807, 2.05) is 17.1 Å². The van der Waals surface area contributed by atoms with Crippen LogP contribution in [-0.4, -0.2) is 23.0 Å². The van der Waals surface area contributed by atoms with Gasteiger partial charge in [0.2, 0.25) is 0 Å². The summed E-state index contributed by atoms with van der Waals surface area (Å²) < 4.78 is 13.8. The van der Waals surface area contributed by atoms with E-state index in [4.69, 9.17) is 0 Å². The molecule has 0 atom stereocenters. The van der Waals surface area contributed by atoms with Gasteiger partial charge in [-0.2, -0.15) is 5.10 Å². The van der Waals surface area contributed by atoms with Crippen LogP contribution in [0.25, 0.3) is 0 Å². The lowest BCUT2D eigenvalue weighted by Crippen LogP contribution is -2.14. The zero-order chi connectivity index (χ0) is 11.1. The molecule has 0 unspecified atom stereocenters. The van der Waals surface area contributed by atoms with Gasteiger partial charge in [-0.25, -0.2) is 0 Å². The second-order valence-electron chi connectivity index (χ2n) is 4.18. The van der Waals surface area contributed by atoms with Crippen LogP contribution in [0, 0.1) is 5.92 Å². The van der Waals surface area contributed by atoms with Gasteiger partial charge < -0.3 is 5.32 Å². The van der Waals surface area contributed by atoms with Crippen molar-refractivity contribution in [2.24, 2.45) is 5.92 Å². The largest absolute Gasteiger partial charge is 0.312 e. The Hall–Kier alpha value is -0.900. The third kappa shape index (κ3) is 4.93. The first-order chi connectivity index (χ1) is 7.22. The van der Waals surface area contributed by atoms with Crippen LogP contribution in [-0.2, 0) is 13.1 Å². The van der Waals surface area contributed by atoms with Crippen molar-refractivity contribution < 1.29 is 4.39 Å². The van der Waals surface area contributed by atoms with Crippen molar-refractivity contribution in [2.45, 2.75) is 33.4 Å². The maximum atomic E-state index is 11.8. The van der Waals surface area contributed by atoms with Crippen molar-refractivity contribution in [3.8, 4) is 0 Å². The summed E-state index contributed by atoms with van der Waals surface area (Å²) >= 11 is 0. The molecule has 1 heterocycles. The van der Waals surface area contributed by atoms with E-state index < -0.39 is 0 Å². The molecule has 0 aliphatic carbocycles. The molecule has 86 valence electrons. The SMILES string of the molecule is CC(C)Cn1cc(CNCCCF)cn1. The Labute approximate surface area is 90.7 Å². The Balaban J connectivity index is 2.26. The van der Waals surface area contributed by atoms with Gasteiger partial charge in [-0.05, 0) is 18.9 Å². The lowest BCUT2D eigenvalue weighted by molar-refractivity contribution is 0.459. The molecule has 1 aromatic heterocycles. The Bertz CT molecular complexity index is 271. The van der Waals surface area contributed by atoms with Crippen molar-refractivity contribution >= 4 is 0 Å². The van der Waals surface area contributed by atoms with Crippen LogP contribution in [0.15, 0.2) is 12.4 Å². The van der Waals surface area contributed by atoms with E-state index in [1.54, 1.807) is 0 Å². The topological polar surface area (TPSA) is 29.9 Å². The fourth-order valence-electron chi connectivity index (χ4n) is 1.40. The minimum absolute atomic E-state index is 0.250. The van der Waals surface area contributed by atoms with Crippen molar-refractivity contribution in [3.63, 3.8) is 0 Å². The van der Waals surface area contributed by atoms with Gasteiger partial charge in [-0.15, -0.1) is 0 Å². The van der Waals surface area contributed by atoms with E-state index in [2.05, 4.69) is 24.3 Å². The maximum Gasteiger partial charge on any atom is 0.0906 e. The number of hydrogen-bond donors (Lipinski definition) is 1. The summed E-state index contributed by atoms with van der Waals surface area (Å²) in [7, 11) is 0. The molecule has 1 N–H and O–H groups in total. The fourth-order valence-corrected chi connectivity index (χ4v) is 1.40. The maximum absolute atomic E-state index is 11.8. The fraction of sp³-hybridized carbons (Fsp3) is 0.727. The van der Waals surface area contributed by atoms with Gasteiger partial charge in [-0.1, -0.05) is 13.8 Å². The third-order valence-electron chi connectivity index (χ3n) is 2.06. The molecular weight excluding hydrogens is 193 g/mol. The molecular formula is C11H20FN3. The lowest BCUT2D eigenvalue weighted by Gasteiger charge is -2.03. The van der Waals surface area contributed by atoms with E-state index in [0.717, 1.165) is 25.2 Å². The molecule has 0 bridgehead atoms. The Morgan fingerprint density at radius 3 is 3.00 bits per heavy atom. The van der Waals surface area contributed by atoms with E-state index in [-0.39, 0.29) is 6.67 Å². The van der Waals surface area contributed by atoms with E-state index in [9.17, 15) is 4.39 Å². The first kappa shape index (κ1) is 12.2. The van der Waals surface area contributed by atoms with Gasteiger partial charge >= 0.3 is 0 Å². The number of nitrogens with zero attached hydrogens (tertiary/aromatic N) is 2. The molecule has 3 nitrogen and oxygen atoms in total. The standard InChI is InChI=1S/C11H20FN3/c1-10(2)8-15-9-11(7-14-15)6-13-5-3-4-12/h7,9-10,13H,3-6,8H2,1-2H3. The quantitative estimate of drug-likeness (QED) is 0.702. The number of halogens is 1. The highest BCUT2D eigenvalue weighted by Crippen LogP contribution is 2.01. The molecule has 0 fully saturated rings. The predicted octanol–water partition coefficient (Wildman–Crippen LogP) is 1.99. The number of aromatic nitrogens is 2. The first-order valence-electron chi connectivity index (χ1n) is 5.50. The summed E-state index contributed by atoms with van der Waals surface area (Å²) in [6.07, 6.45) is 4.49. The molecule has 0 aliphatic heterocycles. The molecule has 4 heteroatoms. The monoisotopic (exact) mass is 213 g/mol. The van der Waals surface area contributed by atoms with Gasteiger partial charge in [0, 0.05) is 24.8 Å². The smallest absolute Gasteiger partial charge is 0.0906 e. The molecule has 0 saturated heterocycles. The molecule has 1 rings (SSSR count). The van der Waals surface area contributed by atoms with Gasteiger partial charge in [0.1, 0.15) is 0 Å². The highest BCUT2D eigenvalue weighted by atomic mass is 19.1. The van der Waals surface area contributed by atoms with E-state index in [0.29, 0.717) is 12.3 Å². The second-order valence-corrected chi connectivity index (χ2v) is 4.18. The summed E-state index contributed by atoms with van der Waals surface area (Å²) in [6.45, 7) is 6.54. The Morgan fingerprint density at radius 2 is 2.33 bits per heavy atom. The summed E-state index contributed by atoms with van der Waals surface area (Å²) in [5.74, 6) is 0.609. The minimum Gasteiger partial charge on any atom is -0.312 e. The summed E-state index contributed by atoms with van der Waals surface area (Å²) in [5, 5.41) is 7.43. The predicted molar refractivity (Wildman–Crippen MR) is 59.4 cm³/mol. The minimum atomic E-state index is -0.250. The molecule has 1 aromatic rings. The van der Waals surface area contributed by atoms with Crippen molar-refractivity contribution in [3.05, 3.63) is 18.0 Å². The highest BCUT2D eigenvalue weighted by molar-refractivity contribution is 5.03. The van der Waals surface area contributed by atoms with Crippen LogP contribution in [0.4, 0.5) is 4.39 Å². The zero-order valence-corrected chi connectivity index (χ0v) is 9.54. The Kier molecular flexibility index (Phi) is 5.32. The Morgan fingerprint density at radius 1 is 1.53 bits per heavy atom. The van der Waals surface area contributed by atoms with Crippen LogP contribution in [0.2, 0.25) is 0 Å². The third-order valence-corrected chi connectivity index (χ3v) is 2.06. The second kappa shape index (κ2) is 6.56. The van der Waals surface area contributed by atoms with Gasteiger partial charge in [-0.3, -0.25) is 9.07 Å². The lowest BCUT2D eigenvalue weighted by atomic mass is 10.2. The van der Waals surface area contributed by atoms with Crippen LogP contribution in [0.5, 0.6) is 0 Å². The van der Waals surface area contributed by atoms with Crippen LogP contribution >= 0.6 is 0 Å². The molecule has 0 spiro atoms. The average molecular weight is 213 g/mol. The first-order valence-corrected chi connectivity index (χ1v) is 5.50. The molecule has 0 radical (unpaired) electrons. The average Bonchev–Trinajstić information content (AvgIpc) is 2.59. The normalized spacial score (nSPS) is 11.2. The zero-order valence-electron chi connectivity index (χ0n) is 9.54. The van der Waals surface area contributed by atoms with Gasteiger partial charge in [0.05, 0.1) is 12.9 Å². The highest BCUT2D eigenvalue weighted by Gasteiger charge is 2.00. The molecule has 0 aliphatic rings. The van der Waals surface area contributed by atoms with E-state index >= 15 is 0 Å². The van der Waals surface area contributed by atoms with Crippen LogP contribution in [0.3, 0.4) is 0 Å². The summed E-state index contributed by atoms with van der Waals surface area (Å²) in [5.41, 5.74) is 1.16. The van der Waals surface area contributed by atoms with Crippen LogP contribution in [0.1, 0.15) is 25.8 Å². The molecule has 15 heavy (non-hydrogen) atoms. The van der Waals surface area contributed by atoms with Crippen molar-refractivity contribution in [1.82, 2.24) is 15.1 Å². The number of nitrogens with one attached hydrogen (secondary N) is 1. The summed E-state index contributed by atoms with van der Waals surface area (Å²) in [4.78, 5) is 0. The number of rotatable bonds is 7. The molecule has 0 amide bonds. The molecule has 0 aromatic carbocycles. The van der Waals surface area contributed by atoms with Gasteiger partial charge in [0.15, 0.2) is 0 Å². The van der Waals surface area contributed by atoms with Crippen LogP contribution < -0.4 is 5.32 Å². The van der Waals surface area contributed by atoms with E-state index in [1.165, 1.54) is 0 Å². The van der Waals surface area contributed by atoms with Gasteiger partial charge in [0.25, 0.3) is 0 Å². The summed E-state index contributed by atoms with van der Waals surface area (Å²) in [6, 6.07) is 0. The number of alkyl halides is 1. The molecule has 0 saturated carbocycles.